The number of rotatable bonds is 3. The number of alkyl halides is 3. The van der Waals surface area contributed by atoms with Crippen LogP contribution in [0.15, 0.2) is 53.4 Å². The number of benzene rings is 2. The monoisotopic (exact) mass is 377 g/mol. The van der Waals surface area contributed by atoms with Crippen LogP contribution in [0.25, 0.3) is 6.08 Å². The van der Waals surface area contributed by atoms with E-state index < -0.39 is 22.9 Å². The van der Waals surface area contributed by atoms with Gasteiger partial charge >= 0.3 is 6.18 Å². The molecule has 1 aliphatic rings. The Kier molecular flexibility index (Phi) is 4.91. The molecule has 1 aliphatic heterocycles. The third-order valence-electron chi connectivity index (χ3n) is 3.85. The van der Waals surface area contributed by atoms with Crippen LogP contribution in [0.2, 0.25) is 0 Å². The zero-order valence-corrected chi connectivity index (χ0v) is 14.5. The molecule has 2 aromatic rings. The van der Waals surface area contributed by atoms with Crippen LogP contribution in [0, 0.1) is 6.92 Å². The molecular formula is C19H14F3NO2S. The maximum Gasteiger partial charge on any atom is 0.416 e. The summed E-state index contributed by atoms with van der Waals surface area (Å²) in [5, 5.41) is -0.493. The van der Waals surface area contributed by atoms with Crippen molar-refractivity contribution in [2.24, 2.45) is 0 Å². The van der Waals surface area contributed by atoms with Gasteiger partial charge in [0, 0.05) is 0 Å². The maximum atomic E-state index is 13.1. The van der Waals surface area contributed by atoms with E-state index in [9.17, 15) is 22.8 Å². The summed E-state index contributed by atoms with van der Waals surface area (Å²) in [5.74, 6) is -0.585. The minimum absolute atomic E-state index is 0.0145. The van der Waals surface area contributed by atoms with Gasteiger partial charge in [0.15, 0.2) is 0 Å². The molecule has 3 rings (SSSR count). The lowest BCUT2D eigenvalue weighted by Gasteiger charge is -2.13. The molecule has 3 nitrogen and oxygen atoms in total. The molecule has 1 heterocycles. The number of halogens is 3. The maximum absolute atomic E-state index is 13.1. The summed E-state index contributed by atoms with van der Waals surface area (Å²) in [6.45, 7) is 1.98. The van der Waals surface area contributed by atoms with Crippen LogP contribution in [0.4, 0.5) is 18.0 Å². The SMILES string of the molecule is Cc1cccc(CN2C(=O)S/C(=C\c3ccccc3C(F)(F)F)C2=O)c1. The summed E-state index contributed by atoms with van der Waals surface area (Å²) in [5.41, 5.74) is 0.792. The fourth-order valence-corrected chi connectivity index (χ4v) is 3.48. The molecular weight excluding hydrogens is 363 g/mol. The quantitative estimate of drug-likeness (QED) is 0.686. The number of carbonyl (C=O) groups excluding carboxylic acids is 2. The van der Waals surface area contributed by atoms with Crippen molar-refractivity contribution in [2.75, 3.05) is 0 Å². The lowest BCUT2D eigenvalue weighted by molar-refractivity contribution is -0.137. The molecule has 0 atom stereocenters. The number of nitrogens with zero attached hydrogens (tertiary/aromatic N) is 1. The molecule has 0 unspecified atom stereocenters. The zero-order valence-electron chi connectivity index (χ0n) is 13.7. The smallest absolute Gasteiger partial charge is 0.268 e. The molecule has 0 saturated carbocycles. The second-order valence-corrected chi connectivity index (χ2v) is 6.84. The van der Waals surface area contributed by atoms with Crippen molar-refractivity contribution in [2.45, 2.75) is 19.6 Å². The molecule has 0 bridgehead atoms. The number of aryl methyl sites for hydroxylation is 1. The van der Waals surface area contributed by atoms with Crippen LogP contribution in [-0.2, 0) is 17.5 Å². The number of hydrogen-bond acceptors (Lipinski definition) is 3. The van der Waals surface area contributed by atoms with Crippen molar-refractivity contribution in [1.82, 2.24) is 4.90 Å². The minimum Gasteiger partial charge on any atom is -0.268 e. The Bertz CT molecular complexity index is 906. The fourth-order valence-electron chi connectivity index (χ4n) is 2.65. The first-order valence-electron chi connectivity index (χ1n) is 7.73. The van der Waals surface area contributed by atoms with Crippen molar-refractivity contribution >= 4 is 29.0 Å². The van der Waals surface area contributed by atoms with Gasteiger partial charge in [-0.3, -0.25) is 14.5 Å². The molecule has 2 amide bonds. The van der Waals surface area contributed by atoms with Crippen LogP contribution in [0.3, 0.4) is 0 Å². The van der Waals surface area contributed by atoms with E-state index >= 15 is 0 Å². The van der Waals surface area contributed by atoms with Gasteiger partial charge in [-0.25, -0.2) is 0 Å². The largest absolute Gasteiger partial charge is 0.416 e. The summed E-state index contributed by atoms with van der Waals surface area (Å²) < 4.78 is 39.3. The molecule has 1 fully saturated rings. The summed E-state index contributed by atoms with van der Waals surface area (Å²) in [6.07, 6.45) is -3.41. The van der Waals surface area contributed by atoms with Crippen molar-refractivity contribution in [1.29, 1.82) is 0 Å². The molecule has 134 valence electrons. The third kappa shape index (κ3) is 3.83. The Balaban J connectivity index is 1.89. The number of thioether (sulfide) groups is 1. The van der Waals surface area contributed by atoms with Crippen LogP contribution in [0.5, 0.6) is 0 Å². The normalized spacial score (nSPS) is 16.6. The van der Waals surface area contributed by atoms with E-state index in [4.69, 9.17) is 0 Å². The second kappa shape index (κ2) is 6.99. The highest BCUT2D eigenvalue weighted by Gasteiger charge is 2.37. The molecule has 1 saturated heterocycles. The van der Waals surface area contributed by atoms with Crippen molar-refractivity contribution in [3.8, 4) is 0 Å². The Morgan fingerprint density at radius 3 is 2.50 bits per heavy atom. The highest BCUT2D eigenvalue weighted by Crippen LogP contribution is 2.37. The molecule has 26 heavy (non-hydrogen) atoms. The van der Waals surface area contributed by atoms with Gasteiger partial charge < -0.3 is 0 Å². The van der Waals surface area contributed by atoms with Gasteiger partial charge in [-0.1, -0.05) is 48.0 Å². The van der Waals surface area contributed by atoms with Gasteiger partial charge in [-0.15, -0.1) is 0 Å². The van der Waals surface area contributed by atoms with Gasteiger partial charge in [-0.2, -0.15) is 13.2 Å². The van der Waals surface area contributed by atoms with E-state index in [2.05, 4.69) is 0 Å². The van der Waals surface area contributed by atoms with Crippen molar-refractivity contribution in [3.63, 3.8) is 0 Å². The average molecular weight is 377 g/mol. The molecule has 0 spiro atoms. The van der Waals surface area contributed by atoms with E-state index in [1.165, 1.54) is 18.2 Å². The first kappa shape index (κ1) is 18.3. The molecule has 0 radical (unpaired) electrons. The Hall–Kier alpha value is -2.54. The van der Waals surface area contributed by atoms with E-state index in [-0.39, 0.29) is 17.0 Å². The Morgan fingerprint density at radius 1 is 1.08 bits per heavy atom. The summed E-state index contributed by atoms with van der Waals surface area (Å²) in [4.78, 5) is 25.7. The first-order chi connectivity index (χ1) is 12.3. The highest BCUT2D eigenvalue weighted by atomic mass is 32.2. The van der Waals surface area contributed by atoms with E-state index in [0.717, 1.165) is 28.2 Å². The summed E-state index contributed by atoms with van der Waals surface area (Å²) in [7, 11) is 0. The van der Waals surface area contributed by atoms with Gasteiger partial charge in [0.1, 0.15) is 0 Å². The second-order valence-electron chi connectivity index (χ2n) is 5.84. The van der Waals surface area contributed by atoms with E-state index in [0.29, 0.717) is 11.8 Å². The number of amides is 2. The van der Waals surface area contributed by atoms with Gasteiger partial charge in [0.2, 0.25) is 0 Å². The predicted molar refractivity (Wildman–Crippen MR) is 94.1 cm³/mol. The summed E-state index contributed by atoms with van der Waals surface area (Å²) >= 11 is 0.651. The zero-order chi connectivity index (χ0) is 18.9. The van der Waals surface area contributed by atoms with Gasteiger partial charge in [0.05, 0.1) is 17.0 Å². The van der Waals surface area contributed by atoms with Crippen LogP contribution < -0.4 is 0 Å². The van der Waals surface area contributed by atoms with Crippen molar-refractivity contribution in [3.05, 3.63) is 75.7 Å². The fraction of sp³-hybridized carbons (Fsp3) is 0.158. The topological polar surface area (TPSA) is 37.4 Å². The van der Waals surface area contributed by atoms with Crippen LogP contribution in [0.1, 0.15) is 22.3 Å². The number of hydrogen-bond donors (Lipinski definition) is 0. The molecule has 2 aromatic carbocycles. The van der Waals surface area contributed by atoms with Gasteiger partial charge in [-0.05, 0) is 42.0 Å². The van der Waals surface area contributed by atoms with E-state index in [1.807, 2.05) is 25.1 Å². The third-order valence-corrected chi connectivity index (χ3v) is 4.76. The van der Waals surface area contributed by atoms with Crippen LogP contribution >= 0.6 is 11.8 Å². The number of carbonyl (C=O) groups is 2. The Morgan fingerprint density at radius 2 is 1.81 bits per heavy atom. The lowest BCUT2D eigenvalue weighted by atomic mass is 10.1. The Labute approximate surface area is 152 Å². The standard InChI is InChI=1S/C19H14F3NO2S/c1-12-5-4-6-13(9-12)11-23-17(24)16(26-18(23)25)10-14-7-2-3-8-15(14)19(20,21)22/h2-10H,11H2,1H3/b16-10-. The van der Waals surface area contributed by atoms with E-state index in [1.54, 1.807) is 6.07 Å². The molecule has 7 heteroatoms. The lowest BCUT2D eigenvalue weighted by Crippen LogP contribution is -2.27. The van der Waals surface area contributed by atoms with Crippen LogP contribution in [-0.4, -0.2) is 16.0 Å². The first-order valence-corrected chi connectivity index (χ1v) is 8.54. The van der Waals surface area contributed by atoms with Gasteiger partial charge in [0.25, 0.3) is 11.1 Å². The minimum atomic E-state index is -4.54. The van der Waals surface area contributed by atoms with Crippen molar-refractivity contribution < 1.29 is 22.8 Å². The molecule has 0 N–H and O–H groups in total. The number of imide groups is 1. The molecule has 0 aliphatic carbocycles. The average Bonchev–Trinajstić information content (AvgIpc) is 2.82. The molecule has 0 aromatic heterocycles. The summed E-state index contributed by atoms with van der Waals surface area (Å²) in [6, 6.07) is 12.3. The highest BCUT2D eigenvalue weighted by molar-refractivity contribution is 8.18. The predicted octanol–water partition coefficient (Wildman–Crippen LogP) is 5.25.